The Morgan fingerprint density at radius 1 is 1.33 bits per heavy atom. The van der Waals surface area contributed by atoms with Crippen LogP contribution in [0.3, 0.4) is 0 Å². The Morgan fingerprint density at radius 3 is 1.83 bits per heavy atom. The van der Waals surface area contributed by atoms with E-state index >= 15 is 0 Å². The summed E-state index contributed by atoms with van der Waals surface area (Å²) in [5, 5.41) is 26.7. The van der Waals surface area contributed by atoms with E-state index in [1.54, 1.807) is 0 Å². The zero-order valence-corrected chi connectivity index (χ0v) is 6.86. The van der Waals surface area contributed by atoms with Crippen molar-refractivity contribution in [1.29, 1.82) is 0 Å². The van der Waals surface area contributed by atoms with E-state index in [9.17, 15) is 4.79 Å². The van der Waals surface area contributed by atoms with Gasteiger partial charge in [0.25, 0.3) is 0 Å². The molecule has 0 rings (SSSR count). The van der Waals surface area contributed by atoms with E-state index in [-0.39, 0.29) is 13.2 Å². The van der Waals surface area contributed by atoms with Crippen LogP contribution in [0.1, 0.15) is 0 Å². The molecule has 0 aliphatic carbocycles. The van der Waals surface area contributed by atoms with E-state index in [2.05, 4.69) is 11.9 Å². The van der Waals surface area contributed by atoms with Crippen molar-refractivity contribution in [2.75, 3.05) is 26.3 Å². The van der Waals surface area contributed by atoms with Gasteiger partial charge in [0.05, 0.1) is 13.2 Å². The molecule has 0 spiro atoms. The fraction of sp³-hybridized carbons (Fsp3) is 0.571. The van der Waals surface area contributed by atoms with Gasteiger partial charge in [0, 0.05) is 19.2 Å². The molecule has 0 amide bonds. The largest absolute Gasteiger partial charge is 0.478 e. The molecule has 0 aromatic carbocycles. The molecule has 0 heterocycles. The van der Waals surface area contributed by atoms with Crippen LogP contribution in [0.2, 0.25) is 0 Å². The zero-order valence-electron chi connectivity index (χ0n) is 6.86. The smallest absolute Gasteiger partial charge is 0.327 e. The molecule has 12 heavy (non-hydrogen) atoms. The van der Waals surface area contributed by atoms with E-state index in [0.29, 0.717) is 13.1 Å². The minimum absolute atomic E-state index is 0.139. The molecule has 0 saturated carbocycles. The molecule has 72 valence electrons. The van der Waals surface area contributed by atoms with Crippen molar-refractivity contribution >= 4 is 5.97 Å². The highest BCUT2D eigenvalue weighted by molar-refractivity contribution is 5.78. The molecule has 0 bridgehead atoms. The lowest BCUT2D eigenvalue weighted by molar-refractivity contribution is -0.131. The molecule has 0 aromatic heterocycles. The van der Waals surface area contributed by atoms with Gasteiger partial charge in [-0.15, -0.1) is 0 Å². The standard InChI is InChI=1S/C4H11NO2.C3H4O2/c6-3-1-5-2-4-7;1-2-3(4)5/h5-7H,1-4H2;2H,1H2,(H,4,5). The molecule has 0 fully saturated rings. The van der Waals surface area contributed by atoms with Crippen LogP contribution in [0.5, 0.6) is 0 Å². The normalized spacial score (nSPS) is 8.17. The molecular weight excluding hydrogens is 162 g/mol. The average Bonchev–Trinajstić information content (AvgIpc) is 2.07. The first-order valence-corrected chi connectivity index (χ1v) is 3.46. The van der Waals surface area contributed by atoms with Crippen molar-refractivity contribution in [1.82, 2.24) is 5.32 Å². The molecule has 5 heteroatoms. The van der Waals surface area contributed by atoms with Crippen LogP contribution in [-0.2, 0) is 4.79 Å². The number of rotatable bonds is 5. The van der Waals surface area contributed by atoms with Gasteiger partial charge in [-0.2, -0.15) is 0 Å². The van der Waals surface area contributed by atoms with Crippen molar-refractivity contribution in [3.8, 4) is 0 Å². The number of carbonyl (C=O) groups is 1. The third-order valence-corrected chi connectivity index (χ3v) is 0.752. The van der Waals surface area contributed by atoms with E-state index in [1.165, 1.54) is 0 Å². The van der Waals surface area contributed by atoms with Gasteiger partial charge in [-0.25, -0.2) is 4.79 Å². The van der Waals surface area contributed by atoms with Gasteiger partial charge in [0.2, 0.25) is 0 Å². The first-order valence-electron chi connectivity index (χ1n) is 3.46. The molecule has 0 aliphatic rings. The second-order valence-electron chi connectivity index (χ2n) is 1.74. The molecule has 0 atom stereocenters. The lowest BCUT2D eigenvalue weighted by Crippen LogP contribution is -2.21. The SMILES string of the molecule is C=CC(=O)O.OCCNCCO. The summed E-state index contributed by atoms with van der Waals surface area (Å²) >= 11 is 0. The summed E-state index contributed by atoms with van der Waals surface area (Å²) in [7, 11) is 0. The van der Waals surface area contributed by atoms with Crippen molar-refractivity contribution in [3.05, 3.63) is 12.7 Å². The summed E-state index contributed by atoms with van der Waals surface area (Å²) in [5.41, 5.74) is 0. The predicted octanol–water partition coefficient (Wildman–Crippen LogP) is -1.18. The van der Waals surface area contributed by atoms with Gasteiger partial charge >= 0.3 is 5.97 Å². The summed E-state index contributed by atoms with van der Waals surface area (Å²) in [6.45, 7) is 4.38. The third kappa shape index (κ3) is 23.0. The van der Waals surface area contributed by atoms with Crippen LogP contribution in [0.15, 0.2) is 12.7 Å². The fourth-order valence-electron chi connectivity index (χ4n) is 0.283. The maximum atomic E-state index is 9.25. The number of aliphatic hydroxyl groups is 2. The summed E-state index contributed by atoms with van der Waals surface area (Å²) in [4.78, 5) is 9.25. The number of carboxylic acid groups (broad SMARTS) is 1. The number of aliphatic hydroxyl groups excluding tert-OH is 2. The van der Waals surface area contributed by atoms with E-state index in [0.717, 1.165) is 6.08 Å². The first kappa shape index (κ1) is 13.7. The molecule has 0 saturated heterocycles. The number of carboxylic acids is 1. The molecule has 0 radical (unpaired) electrons. The van der Waals surface area contributed by atoms with Gasteiger partial charge in [0.1, 0.15) is 0 Å². The Kier molecular flexibility index (Phi) is 14.5. The summed E-state index contributed by atoms with van der Waals surface area (Å²) in [6, 6.07) is 0. The second kappa shape index (κ2) is 12.7. The van der Waals surface area contributed by atoms with Crippen LogP contribution in [0.25, 0.3) is 0 Å². The molecule has 0 aliphatic heterocycles. The Morgan fingerprint density at radius 2 is 1.67 bits per heavy atom. The molecule has 0 unspecified atom stereocenters. The fourth-order valence-corrected chi connectivity index (χ4v) is 0.283. The Labute approximate surface area is 71.3 Å². The quantitative estimate of drug-likeness (QED) is 0.313. The average molecular weight is 177 g/mol. The van der Waals surface area contributed by atoms with Crippen LogP contribution < -0.4 is 5.32 Å². The van der Waals surface area contributed by atoms with E-state index in [1.807, 2.05) is 0 Å². The number of nitrogens with one attached hydrogen (secondary N) is 1. The molecule has 5 nitrogen and oxygen atoms in total. The minimum atomic E-state index is -0.981. The lowest BCUT2D eigenvalue weighted by atomic mass is 10.6. The monoisotopic (exact) mass is 177 g/mol. The first-order chi connectivity index (χ1) is 5.68. The van der Waals surface area contributed by atoms with Crippen LogP contribution in [0, 0.1) is 0 Å². The maximum Gasteiger partial charge on any atom is 0.327 e. The molecule has 4 N–H and O–H groups in total. The maximum absolute atomic E-state index is 9.25. The van der Waals surface area contributed by atoms with Gasteiger partial charge in [-0.05, 0) is 0 Å². The van der Waals surface area contributed by atoms with Crippen molar-refractivity contribution in [3.63, 3.8) is 0 Å². The van der Waals surface area contributed by atoms with Crippen molar-refractivity contribution < 1.29 is 20.1 Å². The van der Waals surface area contributed by atoms with E-state index in [4.69, 9.17) is 15.3 Å². The molecular formula is C7H15NO4. The summed E-state index contributed by atoms with van der Waals surface area (Å²) < 4.78 is 0. The van der Waals surface area contributed by atoms with Gasteiger partial charge in [0.15, 0.2) is 0 Å². The topological polar surface area (TPSA) is 89.8 Å². The van der Waals surface area contributed by atoms with Gasteiger partial charge in [-0.3, -0.25) is 0 Å². The van der Waals surface area contributed by atoms with Crippen LogP contribution in [-0.4, -0.2) is 47.6 Å². The Bertz CT molecular complexity index is 112. The zero-order chi connectivity index (χ0) is 9.82. The van der Waals surface area contributed by atoms with Crippen LogP contribution in [0.4, 0.5) is 0 Å². The van der Waals surface area contributed by atoms with Gasteiger partial charge in [-0.1, -0.05) is 6.58 Å². The highest BCUT2D eigenvalue weighted by Crippen LogP contribution is 1.54. The summed E-state index contributed by atoms with van der Waals surface area (Å²) in [5.74, 6) is -0.981. The van der Waals surface area contributed by atoms with Crippen molar-refractivity contribution in [2.45, 2.75) is 0 Å². The minimum Gasteiger partial charge on any atom is -0.478 e. The van der Waals surface area contributed by atoms with E-state index < -0.39 is 5.97 Å². The lowest BCUT2D eigenvalue weighted by Gasteiger charge is -1.94. The second-order valence-corrected chi connectivity index (χ2v) is 1.74. The number of hydrogen-bond acceptors (Lipinski definition) is 4. The van der Waals surface area contributed by atoms with Crippen molar-refractivity contribution in [2.24, 2.45) is 0 Å². The van der Waals surface area contributed by atoms with Gasteiger partial charge < -0.3 is 20.6 Å². The Hall–Kier alpha value is -0.910. The highest BCUT2D eigenvalue weighted by atomic mass is 16.4. The van der Waals surface area contributed by atoms with Crippen LogP contribution >= 0.6 is 0 Å². The predicted molar refractivity (Wildman–Crippen MR) is 44.9 cm³/mol. The third-order valence-electron chi connectivity index (χ3n) is 0.752. The Balaban J connectivity index is 0. The highest BCUT2D eigenvalue weighted by Gasteiger charge is 1.78. The number of aliphatic carboxylic acids is 1. The summed E-state index contributed by atoms with van der Waals surface area (Å²) in [6.07, 6.45) is 0.833. The number of hydrogen-bond donors (Lipinski definition) is 4. The molecule has 0 aromatic rings.